The summed E-state index contributed by atoms with van der Waals surface area (Å²) in [5.41, 5.74) is 1.97. The predicted octanol–water partition coefficient (Wildman–Crippen LogP) is 4.70. The maximum Gasteiger partial charge on any atom is 0.317 e. The standard InChI is InChI=1S/C26H33FN4O3/c1-2-34-23(32)18-25(10-4-3-5-11-25)29-24(33)30-15-12-26(13-16-30)22-7-6-14-31(22)21-9-8-19(27)17-20(21)28-26/h6-9,14,17,28H,2-5,10-13,15-16,18H2,1H3,(H,29,33). The molecule has 2 aliphatic heterocycles. The molecule has 1 aromatic heterocycles. The Morgan fingerprint density at radius 2 is 1.88 bits per heavy atom. The number of urea groups is 1. The van der Waals surface area contributed by atoms with Crippen molar-refractivity contribution in [2.45, 2.75) is 69.4 Å². The van der Waals surface area contributed by atoms with E-state index in [1.807, 2.05) is 17.2 Å². The van der Waals surface area contributed by atoms with Crippen LogP contribution in [0.2, 0.25) is 0 Å². The lowest BCUT2D eigenvalue weighted by Crippen LogP contribution is -2.58. The van der Waals surface area contributed by atoms with Crippen molar-refractivity contribution >= 4 is 17.7 Å². The van der Waals surface area contributed by atoms with Crippen LogP contribution in [0.3, 0.4) is 0 Å². The number of likely N-dealkylation sites (tertiary alicyclic amines) is 1. The molecule has 2 amide bonds. The maximum absolute atomic E-state index is 14.0. The van der Waals surface area contributed by atoms with Crippen LogP contribution in [0.4, 0.5) is 14.9 Å². The van der Waals surface area contributed by atoms with E-state index in [1.54, 1.807) is 19.1 Å². The van der Waals surface area contributed by atoms with E-state index in [4.69, 9.17) is 4.74 Å². The number of benzene rings is 1. The SMILES string of the molecule is CCOC(=O)CC1(NC(=O)N2CCC3(CC2)Nc2cc(F)ccc2-n2cccc23)CCCCC1. The molecule has 8 heteroatoms. The maximum atomic E-state index is 14.0. The largest absolute Gasteiger partial charge is 0.466 e. The highest BCUT2D eigenvalue weighted by Crippen LogP contribution is 2.43. The van der Waals surface area contributed by atoms with Crippen molar-refractivity contribution in [3.05, 3.63) is 48.0 Å². The number of carbonyl (C=O) groups excluding carboxylic acids is 2. The molecular weight excluding hydrogens is 435 g/mol. The van der Waals surface area contributed by atoms with E-state index < -0.39 is 5.54 Å². The van der Waals surface area contributed by atoms with Crippen molar-refractivity contribution in [1.29, 1.82) is 0 Å². The van der Waals surface area contributed by atoms with Crippen molar-refractivity contribution in [3.8, 4) is 5.69 Å². The van der Waals surface area contributed by atoms with E-state index in [9.17, 15) is 14.0 Å². The van der Waals surface area contributed by atoms with Gasteiger partial charge in [-0.05, 0) is 62.9 Å². The Bertz CT molecular complexity index is 1070. The van der Waals surface area contributed by atoms with E-state index in [0.29, 0.717) is 32.5 Å². The minimum Gasteiger partial charge on any atom is -0.466 e. The smallest absolute Gasteiger partial charge is 0.317 e. The van der Waals surface area contributed by atoms with E-state index >= 15 is 0 Å². The molecule has 2 fully saturated rings. The molecule has 2 N–H and O–H groups in total. The Morgan fingerprint density at radius 1 is 1.12 bits per heavy atom. The minimum absolute atomic E-state index is 0.112. The van der Waals surface area contributed by atoms with Crippen LogP contribution < -0.4 is 10.6 Å². The quantitative estimate of drug-likeness (QED) is 0.638. The summed E-state index contributed by atoms with van der Waals surface area (Å²) in [6.45, 7) is 3.29. The normalized spacial score (nSPS) is 20.1. The number of nitrogens with zero attached hydrogens (tertiary/aromatic N) is 2. The molecule has 0 unspecified atom stereocenters. The molecule has 0 radical (unpaired) electrons. The molecule has 182 valence electrons. The van der Waals surface area contributed by atoms with Gasteiger partial charge >= 0.3 is 12.0 Å². The number of carbonyl (C=O) groups is 2. The number of amides is 2. The van der Waals surface area contributed by atoms with Gasteiger partial charge in [0, 0.05) is 25.0 Å². The minimum atomic E-state index is -0.523. The summed E-state index contributed by atoms with van der Waals surface area (Å²) in [7, 11) is 0. The Morgan fingerprint density at radius 3 is 2.62 bits per heavy atom. The summed E-state index contributed by atoms with van der Waals surface area (Å²) >= 11 is 0. The van der Waals surface area contributed by atoms with Gasteiger partial charge in [0.25, 0.3) is 0 Å². The van der Waals surface area contributed by atoms with Gasteiger partial charge in [-0.2, -0.15) is 0 Å². The number of fused-ring (bicyclic) bond motifs is 4. The van der Waals surface area contributed by atoms with Gasteiger partial charge in [-0.1, -0.05) is 19.3 Å². The fourth-order valence-corrected chi connectivity index (χ4v) is 5.96. The molecule has 1 saturated carbocycles. The highest BCUT2D eigenvalue weighted by Gasteiger charge is 2.44. The average molecular weight is 469 g/mol. The Hall–Kier alpha value is -3.03. The molecule has 5 rings (SSSR count). The van der Waals surface area contributed by atoms with Crippen LogP contribution in [0.1, 0.15) is 64.0 Å². The summed E-state index contributed by atoms with van der Waals surface area (Å²) in [4.78, 5) is 27.4. The van der Waals surface area contributed by atoms with Gasteiger partial charge in [-0.3, -0.25) is 4.79 Å². The van der Waals surface area contributed by atoms with Gasteiger partial charge in [0.15, 0.2) is 0 Å². The van der Waals surface area contributed by atoms with Crippen LogP contribution in [0.5, 0.6) is 0 Å². The van der Waals surface area contributed by atoms with Crippen molar-refractivity contribution in [2.75, 3.05) is 25.0 Å². The molecule has 1 aliphatic carbocycles. The molecule has 1 spiro atoms. The monoisotopic (exact) mass is 468 g/mol. The van der Waals surface area contributed by atoms with E-state index in [0.717, 1.165) is 49.2 Å². The summed E-state index contributed by atoms with van der Waals surface area (Å²) < 4.78 is 21.3. The van der Waals surface area contributed by atoms with Gasteiger partial charge in [-0.15, -0.1) is 0 Å². The Labute approximate surface area is 199 Å². The van der Waals surface area contributed by atoms with Crippen LogP contribution in [0.25, 0.3) is 5.69 Å². The lowest BCUT2D eigenvalue weighted by atomic mass is 9.79. The average Bonchev–Trinajstić information content (AvgIpc) is 3.31. The van der Waals surface area contributed by atoms with Crippen LogP contribution in [0.15, 0.2) is 36.5 Å². The van der Waals surface area contributed by atoms with Gasteiger partial charge in [0.1, 0.15) is 5.82 Å². The van der Waals surface area contributed by atoms with Crippen LogP contribution in [-0.4, -0.2) is 46.7 Å². The highest BCUT2D eigenvalue weighted by molar-refractivity contribution is 5.78. The van der Waals surface area contributed by atoms with Crippen LogP contribution in [-0.2, 0) is 15.1 Å². The third kappa shape index (κ3) is 4.14. The van der Waals surface area contributed by atoms with Gasteiger partial charge in [-0.25, -0.2) is 9.18 Å². The number of nitrogens with one attached hydrogen (secondary N) is 2. The number of aromatic nitrogens is 1. The first-order valence-corrected chi connectivity index (χ1v) is 12.4. The summed E-state index contributed by atoms with van der Waals surface area (Å²) in [5.74, 6) is -0.520. The summed E-state index contributed by atoms with van der Waals surface area (Å²) in [6, 6.07) is 8.82. The van der Waals surface area contributed by atoms with Crippen molar-refractivity contribution < 1.29 is 18.7 Å². The molecule has 3 heterocycles. The molecule has 0 atom stereocenters. The predicted molar refractivity (Wildman–Crippen MR) is 127 cm³/mol. The Balaban J connectivity index is 1.29. The van der Waals surface area contributed by atoms with Crippen molar-refractivity contribution in [2.24, 2.45) is 0 Å². The number of hydrogen-bond acceptors (Lipinski definition) is 4. The zero-order valence-corrected chi connectivity index (χ0v) is 19.7. The third-order valence-electron chi connectivity index (χ3n) is 7.71. The first-order chi connectivity index (χ1) is 16.4. The third-order valence-corrected chi connectivity index (χ3v) is 7.71. The van der Waals surface area contributed by atoms with Crippen LogP contribution in [0, 0.1) is 5.82 Å². The molecule has 2 aromatic rings. The fraction of sp³-hybridized carbons (Fsp3) is 0.538. The lowest BCUT2D eigenvalue weighted by Gasteiger charge is -2.47. The number of ether oxygens (including phenoxy) is 1. The summed E-state index contributed by atoms with van der Waals surface area (Å²) in [6.07, 6.45) is 8.38. The zero-order chi connectivity index (χ0) is 23.8. The molecule has 0 bridgehead atoms. The number of rotatable bonds is 4. The molecule has 1 aromatic carbocycles. The van der Waals surface area contributed by atoms with Crippen LogP contribution >= 0.6 is 0 Å². The van der Waals surface area contributed by atoms with Crippen molar-refractivity contribution in [3.63, 3.8) is 0 Å². The lowest BCUT2D eigenvalue weighted by molar-refractivity contribution is -0.145. The van der Waals surface area contributed by atoms with E-state index in [-0.39, 0.29) is 29.8 Å². The number of halogens is 1. The number of hydrogen-bond donors (Lipinski definition) is 2. The molecular formula is C26H33FN4O3. The summed E-state index contributed by atoms with van der Waals surface area (Å²) in [5, 5.41) is 6.83. The second kappa shape index (κ2) is 8.96. The first kappa shape index (κ1) is 22.7. The Kier molecular flexibility index (Phi) is 6.00. The first-order valence-electron chi connectivity index (χ1n) is 12.4. The number of esters is 1. The topological polar surface area (TPSA) is 75.6 Å². The van der Waals surface area contributed by atoms with E-state index in [2.05, 4.69) is 21.3 Å². The molecule has 7 nitrogen and oxygen atoms in total. The molecule has 34 heavy (non-hydrogen) atoms. The van der Waals surface area contributed by atoms with Crippen molar-refractivity contribution in [1.82, 2.24) is 14.8 Å². The second-order valence-corrected chi connectivity index (χ2v) is 9.87. The number of piperidine rings is 1. The van der Waals surface area contributed by atoms with Gasteiger partial charge in [0.05, 0.1) is 35.5 Å². The van der Waals surface area contributed by atoms with Gasteiger partial charge in [0.2, 0.25) is 0 Å². The fourth-order valence-electron chi connectivity index (χ4n) is 5.96. The molecule has 3 aliphatic rings. The molecule has 1 saturated heterocycles. The highest BCUT2D eigenvalue weighted by atomic mass is 19.1. The van der Waals surface area contributed by atoms with Gasteiger partial charge < -0.3 is 24.8 Å². The number of anilines is 1. The second-order valence-electron chi connectivity index (χ2n) is 9.87. The van der Waals surface area contributed by atoms with E-state index in [1.165, 1.54) is 6.07 Å². The zero-order valence-electron chi connectivity index (χ0n) is 19.7.